The fraction of sp³-hybridized carbons (Fsp3) is 0.200. The number of fused-ring (bicyclic) bond motifs is 1. The maximum atomic E-state index is 12.4. The normalized spacial score (nSPS) is 14.6. The molecule has 0 atom stereocenters. The van der Waals surface area contributed by atoms with Crippen LogP contribution < -0.4 is 0 Å². The first-order valence-electron chi connectivity index (χ1n) is 7.90. The Kier molecular flexibility index (Phi) is 4.87. The maximum Gasteiger partial charge on any atom is 0.338 e. The van der Waals surface area contributed by atoms with Gasteiger partial charge in [0.25, 0.3) is 0 Å². The average Bonchev–Trinajstić information content (AvgIpc) is 2.94. The third-order valence-electron chi connectivity index (χ3n) is 3.85. The van der Waals surface area contributed by atoms with E-state index in [1.807, 2.05) is 61.5 Å². The highest BCUT2D eigenvalue weighted by molar-refractivity contribution is 6.24. The van der Waals surface area contributed by atoms with Gasteiger partial charge >= 0.3 is 5.97 Å². The van der Waals surface area contributed by atoms with E-state index in [2.05, 4.69) is 11.1 Å². The highest BCUT2D eigenvalue weighted by Crippen LogP contribution is 2.36. The molecule has 0 bridgehead atoms. The van der Waals surface area contributed by atoms with E-state index >= 15 is 0 Å². The fourth-order valence-electron chi connectivity index (χ4n) is 2.61. The van der Waals surface area contributed by atoms with Crippen LogP contribution in [-0.4, -0.2) is 43.1 Å². The zero-order valence-electron chi connectivity index (χ0n) is 13.9. The lowest BCUT2D eigenvalue weighted by Gasteiger charge is -2.10. The Labute approximate surface area is 142 Å². The van der Waals surface area contributed by atoms with Crippen LogP contribution in [0.3, 0.4) is 0 Å². The number of carbonyl (C=O) groups is 1. The SMILES string of the molecule is CN(C)CCOC(=O)C1=C/C(=C/c2ccncc2)c2ccccc21. The molecule has 122 valence electrons. The molecule has 0 unspecified atom stereocenters. The molecule has 1 aromatic heterocycles. The summed E-state index contributed by atoms with van der Waals surface area (Å²) < 4.78 is 5.41. The number of benzene rings is 1. The van der Waals surface area contributed by atoms with Crippen LogP contribution in [-0.2, 0) is 9.53 Å². The zero-order chi connectivity index (χ0) is 16.9. The van der Waals surface area contributed by atoms with E-state index in [0.29, 0.717) is 18.7 Å². The van der Waals surface area contributed by atoms with Gasteiger partial charge in [0.15, 0.2) is 0 Å². The predicted molar refractivity (Wildman–Crippen MR) is 96.0 cm³/mol. The molecular formula is C20H20N2O2. The summed E-state index contributed by atoms with van der Waals surface area (Å²) in [7, 11) is 3.90. The van der Waals surface area contributed by atoms with Gasteiger partial charge in [-0.15, -0.1) is 0 Å². The Morgan fingerprint density at radius 2 is 1.83 bits per heavy atom. The van der Waals surface area contributed by atoms with Crippen LogP contribution in [0.2, 0.25) is 0 Å². The van der Waals surface area contributed by atoms with Gasteiger partial charge in [-0.2, -0.15) is 0 Å². The molecule has 4 heteroatoms. The maximum absolute atomic E-state index is 12.4. The molecule has 0 aliphatic heterocycles. The monoisotopic (exact) mass is 320 g/mol. The molecule has 1 aromatic carbocycles. The van der Waals surface area contributed by atoms with Crippen molar-refractivity contribution < 1.29 is 9.53 Å². The first-order valence-corrected chi connectivity index (χ1v) is 7.90. The molecule has 0 spiro atoms. The van der Waals surface area contributed by atoms with E-state index < -0.39 is 0 Å². The van der Waals surface area contributed by atoms with Gasteiger partial charge in [0, 0.05) is 18.9 Å². The lowest BCUT2D eigenvalue weighted by Crippen LogP contribution is -2.20. The number of hydrogen-bond acceptors (Lipinski definition) is 4. The molecule has 0 saturated carbocycles. The van der Waals surface area contributed by atoms with Gasteiger partial charge in [-0.3, -0.25) is 4.98 Å². The lowest BCUT2D eigenvalue weighted by molar-refractivity contribution is -0.136. The van der Waals surface area contributed by atoms with E-state index in [9.17, 15) is 4.79 Å². The van der Waals surface area contributed by atoms with Crippen molar-refractivity contribution in [1.29, 1.82) is 0 Å². The lowest BCUT2D eigenvalue weighted by atomic mass is 10.0. The third-order valence-corrected chi connectivity index (χ3v) is 3.85. The summed E-state index contributed by atoms with van der Waals surface area (Å²) in [6.45, 7) is 1.09. The van der Waals surface area contributed by atoms with Crippen molar-refractivity contribution in [2.75, 3.05) is 27.2 Å². The van der Waals surface area contributed by atoms with Gasteiger partial charge in [0.2, 0.25) is 0 Å². The number of carbonyl (C=O) groups excluding carboxylic acids is 1. The Balaban J connectivity index is 1.88. The molecule has 1 aliphatic carbocycles. The minimum absolute atomic E-state index is 0.276. The van der Waals surface area contributed by atoms with Gasteiger partial charge in [0.1, 0.15) is 6.61 Å². The van der Waals surface area contributed by atoms with Crippen LogP contribution in [0.25, 0.3) is 17.2 Å². The van der Waals surface area contributed by atoms with Gasteiger partial charge in [0.05, 0.1) is 5.57 Å². The average molecular weight is 320 g/mol. The Hall–Kier alpha value is -2.72. The molecule has 24 heavy (non-hydrogen) atoms. The number of pyridine rings is 1. The first kappa shape index (κ1) is 16.1. The summed E-state index contributed by atoms with van der Waals surface area (Å²) in [5.41, 5.74) is 4.65. The molecule has 0 N–H and O–H groups in total. The minimum Gasteiger partial charge on any atom is -0.461 e. The molecule has 4 nitrogen and oxygen atoms in total. The Bertz CT molecular complexity index is 792. The number of hydrogen-bond donors (Lipinski definition) is 0. The number of allylic oxidation sites excluding steroid dienone is 2. The second-order valence-corrected chi connectivity index (χ2v) is 5.92. The second kappa shape index (κ2) is 7.23. The quantitative estimate of drug-likeness (QED) is 0.794. The summed E-state index contributed by atoms with van der Waals surface area (Å²) in [6, 6.07) is 11.8. The summed E-state index contributed by atoms with van der Waals surface area (Å²) in [6.07, 6.45) is 7.48. The zero-order valence-corrected chi connectivity index (χ0v) is 13.9. The number of ether oxygens (including phenoxy) is 1. The second-order valence-electron chi connectivity index (χ2n) is 5.92. The Morgan fingerprint density at radius 1 is 1.12 bits per heavy atom. The van der Waals surface area contributed by atoms with Crippen molar-refractivity contribution in [2.45, 2.75) is 0 Å². The van der Waals surface area contributed by atoms with Crippen LogP contribution >= 0.6 is 0 Å². The van der Waals surface area contributed by atoms with Crippen molar-refractivity contribution in [3.05, 3.63) is 71.6 Å². The van der Waals surface area contributed by atoms with Gasteiger partial charge < -0.3 is 9.64 Å². The van der Waals surface area contributed by atoms with Crippen molar-refractivity contribution in [2.24, 2.45) is 0 Å². The fourth-order valence-corrected chi connectivity index (χ4v) is 2.61. The van der Waals surface area contributed by atoms with E-state index in [4.69, 9.17) is 4.74 Å². The van der Waals surface area contributed by atoms with Crippen molar-refractivity contribution in [3.63, 3.8) is 0 Å². The van der Waals surface area contributed by atoms with Crippen LogP contribution in [0.4, 0.5) is 0 Å². The highest BCUT2D eigenvalue weighted by Gasteiger charge is 2.24. The molecule has 0 fully saturated rings. The Morgan fingerprint density at radius 3 is 2.54 bits per heavy atom. The van der Waals surface area contributed by atoms with Gasteiger partial charge in [-0.25, -0.2) is 4.79 Å². The molecule has 1 heterocycles. The number of nitrogens with zero attached hydrogens (tertiary/aromatic N) is 2. The largest absolute Gasteiger partial charge is 0.461 e. The number of aromatic nitrogens is 1. The molecular weight excluding hydrogens is 300 g/mol. The van der Waals surface area contributed by atoms with E-state index in [-0.39, 0.29) is 5.97 Å². The molecule has 1 aliphatic rings. The number of esters is 1. The van der Waals surface area contributed by atoms with Gasteiger partial charge in [-0.05, 0) is 60.6 Å². The minimum atomic E-state index is -0.276. The van der Waals surface area contributed by atoms with E-state index in [1.54, 1.807) is 12.4 Å². The van der Waals surface area contributed by atoms with Crippen LogP contribution in [0.15, 0.2) is 54.9 Å². The predicted octanol–water partition coefficient (Wildman–Crippen LogP) is 3.12. The van der Waals surface area contributed by atoms with Crippen LogP contribution in [0.5, 0.6) is 0 Å². The number of rotatable bonds is 5. The molecule has 0 radical (unpaired) electrons. The summed E-state index contributed by atoms with van der Waals surface area (Å²) in [5.74, 6) is -0.276. The summed E-state index contributed by atoms with van der Waals surface area (Å²) >= 11 is 0. The molecule has 0 amide bonds. The van der Waals surface area contributed by atoms with Crippen LogP contribution in [0.1, 0.15) is 16.7 Å². The van der Waals surface area contributed by atoms with E-state index in [1.165, 1.54) is 0 Å². The molecule has 0 saturated heterocycles. The third kappa shape index (κ3) is 3.60. The summed E-state index contributed by atoms with van der Waals surface area (Å²) in [4.78, 5) is 18.5. The first-order chi connectivity index (χ1) is 11.6. The highest BCUT2D eigenvalue weighted by atomic mass is 16.5. The van der Waals surface area contributed by atoms with Crippen molar-refractivity contribution >= 4 is 23.2 Å². The van der Waals surface area contributed by atoms with E-state index in [0.717, 1.165) is 22.3 Å². The molecule has 3 rings (SSSR count). The summed E-state index contributed by atoms with van der Waals surface area (Å²) in [5, 5.41) is 0. The number of likely N-dealkylation sites (N-methyl/N-ethyl adjacent to an activating group) is 1. The smallest absolute Gasteiger partial charge is 0.338 e. The standard InChI is InChI=1S/C20H20N2O2/c1-22(2)11-12-24-20(23)19-14-16(13-15-7-9-21-10-8-15)17-5-3-4-6-18(17)19/h3-10,13-14H,11-12H2,1-2H3/b16-13-. The topological polar surface area (TPSA) is 42.4 Å². The van der Waals surface area contributed by atoms with Crippen LogP contribution in [0, 0.1) is 0 Å². The molecule has 2 aromatic rings. The van der Waals surface area contributed by atoms with Crippen molar-refractivity contribution in [1.82, 2.24) is 9.88 Å². The van der Waals surface area contributed by atoms with Crippen molar-refractivity contribution in [3.8, 4) is 0 Å². The van der Waals surface area contributed by atoms with Gasteiger partial charge in [-0.1, -0.05) is 24.3 Å².